The molecule has 1 fully saturated rings. The van der Waals surface area contributed by atoms with Crippen molar-refractivity contribution in [3.8, 4) is 5.75 Å². The van der Waals surface area contributed by atoms with Crippen molar-refractivity contribution in [3.63, 3.8) is 0 Å². The standard InChI is InChI=1S/C17H20N2O5/c1-22-13-2-3-15-12(10-13)11-14(17(21)24-15)16(20)18-4-5-19-6-8-23-9-7-19/h2-3,10-11H,4-9H2,1H3,(H,18,20). The molecule has 0 unspecified atom stereocenters. The van der Waals surface area contributed by atoms with Crippen LogP contribution in [0.15, 0.2) is 33.5 Å². The van der Waals surface area contributed by atoms with E-state index in [1.54, 1.807) is 25.3 Å². The quantitative estimate of drug-likeness (QED) is 0.818. The number of hydrogen-bond donors (Lipinski definition) is 1. The summed E-state index contributed by atoms with van der Waals surface area (Å²) < 4.78 is 15.6. The third kappa shape index (κ3) is 3.74. The van der Waals surface area contributed by atoms with Crippen molar-refractivity contribution in [3.05, 3.63) is 40.2 Å². The van der Waals surface area contributed by atoms with Gasteiger partial charge >= 0.3 is 5.63 Å². The van der Waals surface area contributed by atoms with Crippen molar-refractivity contribution < 1.29 is 18.7 Å². The fourth-order valence-corrected chi connectivity index (χ4v) is 2.63. The first kappa shape index (κ1) is 16.5. The Morgan fingerprint density at radius 2 is 2.08 bits per heavy atom. The van der Waals surface area contributed by atoms with Crippen molar-refractivity contribution >= 4 is 16.9 Å². The van der Waals surface area contributed by atoms with E-state index in [1.807, 2.05) is 0 Å². The maximum Gasteiger partial charge on any atom is 0.349 e. The molecule has 0 spiro atoms. The minimum atomic E-state index is -0.642. The predicted octanol–water partition coefficient (Wildman–Crippen LogP) is 0.864. The number of amides is 1. The van der Waals surface area contributed by atoms with Crippen molar-refractivity contribution in [1.29, 1.82) is 0 Å². The maximum absolute atomic E-state index is 12.3. The van der Waals surface area contributed by atoms with Crippen molar-refractivity contribution in [2.24, 2.45) is 0 Å². The SMILES string of the molecule is COc1ccc2oc(=O)c(C(=O)NCCN3CCOCC3)cc2c1. The summed E-state index contributed by atoms with van der Waals surface area (Å²) in [4.78, 5) is 26.5. The Bertz CT molecular complexity index is 780. The number of benzene rings is 1. The van der Waals surface area contributed by atoms with Crippen molar-refractivity contribution in [2.45, 2.75) is 0 Å². The highest BCUT2D eigenvalue weighted by Gasteiger charge is 2.15. The van der Waals surface area contributed by atoms with Crippen LogP contribution in [-0.4, -0.2) is 57.3 Å². The molecule has 2 heterocycles. The average molecular weight is 332 g/mol. The number of carbonyl (C=O) groups is 1. The molecule has 128 valence electrons. The summed E-state index contributed by atoms with van der Waals surface area (Å²) in [5.41, 5.74) is -0.222. The molecule has 0 bridgehead atoms. The minimum Gasteiger partial charge on any atom is -0.497 e. The molecular formula is C17H20N2O5. The fraction of sp³-hybridized carbons (Fsp3) is 0.412. The first-order chi connectivity index (χ1) is 11.7. The zero-order valence-corrected chi connectivity index (χ0v) is 13.5. The highest BCUT2D eigenvalue weighted by molar-refractivity contribution is 5.96. The fourth-order valence-electron chi connectivity index (χ4n) is 2.63. The van der Waals surface area contributed by atoms with Crippen molar-refractivity contribution in [2.75, 3.05) is 46.5 Å². The summed E-state index contributed by atoms with van der Waals surface area (Å²) >= 11 is 0. The molecule has 1 aliphatic rings. The number of ether oxygens (including phenoxy) is 2. The third-order valence-corrected chi connectivity index (χ3v) is 4.00. The molecule has 24 heavy (non-hydrogen) atoms. The second kappa shape index (κ2) is 7.46. The zero-order valence-electron chi connectivity index (χ0n) is 13.5. The van der Waals surface area contributed by atoms with Gasteiger partial charge in [0.1, 0.15) is 16.9 Å². The van der Waals surface area contributed by atoms with Gasteiger partial charge in [0.15, 0.2) is 0 Å². The number of rotatable bonds is 5. The summed E-state index contributed by atoms with van der Waals surface area (Å²) in [6.45, 7) is 4.33. The van der Waals surface area contributed by atoms with Gasteiger partial charge < -0.3 is 19.2 Å². The number of methoxy groups -OCH3 is 1. The zero-order chi connectivity index (χ0) is 16.9. The first-order valence-electron chi connectivity index (χ1n) is 7.87. The van der Waals surface area contributed by atoms with E-state index >= 15 is 0 Å². The van der Waals surface area contributed by atoms with Gasteiger partial charge in [-0.1, -0.05) is 0 Å². The van der Waals surface area contributed by atoms with Gasteiger partial charge in [-0.3, -0.25) is 9.69 Å². The van der Waals surface area contributed by atoms with E-state index in [1.165, 1.54) is 6.07 Å². The van der Waals surface area contributed by atoms with Gasteiger partial charge in [-0.05, 0) is 24.3 Å². The van der Waals surface area contributed by atoms with Crippen LogP contribution in [-0.2, 0) is 4.74 Å². The topological polar surface area (TPSA) is 81.0 Å². The van der Waals surface area contributed by atoms with E-state index in [0.717, 1.165) is 19.6 Å². The molecule has 1 aliphatic heterocycles. The highest BCUT2D eigenvalue weighted by Crippen LogP contribution is 2.20. The summed E-state index contributed by atoms with van der Waals surface area (Å²) in [6.07, 6.45) is 0. The second-order valence-electron chi connectivity index (χ2n) is 5.56. The molecule has 0 aliphatic carbocycles. The lowest BCUT2D eigenvalue weighted by atomic mass is 10.1. The van der Waals surface area contributed by atoms with Crippen LogP contribution in [0.25, 0.3) is 11.0 Å². The second-order valence-corrected chi connectivity index (χ2v) is 5.56. The largest absolute Gasteiger partial charge is 0.497 e. The Hall–Kier alpha value is -2.38. The van der Waals surface area contributed by atoms with Gasteiger partial charge in [0.05, 0.1) is 20.3 Å². The highest BCUT2D eigenvalue weighted by atomic mass is 16.5. The number of nitrogens with one attached hydrogen (secondary N) is 1. The monoisotopic (exact) mass is 332 g/mol. The minimum absolute atomic E-state index is 0.00210. The normalized spacial score (nSPS) is 15.4. The Kier molecular flexibility index (Phi) is 5.12. The van der Waals surface area contributed by atoms with E-state index in [2.05, 4.69) is 10.2 Å². The molecule has 3 rings (SSSR count). The summed E-state index contributed by atoms with van der Waals surface area (Å²) in [6, 6.07) is 6.61. The van der Waals surface area contributed by atoms with E-state index in [-0.39, 0.29) is 5.56 Å². The van der Waals surface area contributed by atoms with Gasteiger partial charge in [-0.25, -0.2) is 4.79 Å². The van der Waals surface area contributed by atoms with Crippen LogP contribution in [0, 0.1) is 0 Å². The molecule has 2 aromatic rings. The molecule has 0 radical (unpaired) electrons. The van der Waals surface area contributed by atoms with E-state index in [9.17, 15) is 9.59 Å². The van der Waals surface area contributed by atoms with Gasteiger partial charge in [0.2, 0.25) is 0 Å². The third-order valence-electron chi connectivity index (χ3n) is 4.00. The molecule has 1 amide bonds. The Morgan fingerprint density at radius 1 is 1.29 bits per heavy atom. The number of nitrogens with zero attached hydrogens (tertiary/aromatic N) is 1. The van der Waals surface area contributed by atoms with Gasteiger partial charge in [-0.2, -0.15) is 0 Å². The van der Waals surface area contributed by atoms with E-state index < -0.39 is 11.5 Å². The first-order valence-corrected chi connectivity index (χ1v) is 7.87. The van der Waals surface area contributed by atoms with Crippen LogP contribution in [0.4, 0.5) is 0 Å². The molecule has 1 N–H and O–H groups in total. The Morgan fingerprint density at radius 3 is 2.83 bits per heavy atom. The predicted molar refractivity (Wildman–Crippen MR) is 88.6 cm³/mol. The molecule has 1 saturated heterocycles. The molecule has 7 nitrogen and oxygen atoms in total. The van der Waals surface area contributed by atoms with E-state index in [4.69, 9.17) is 13.9 Å². The molecule has 0 atom stereocenters. The van der Waals surface area contributed by atoms with Crippen LogP contribution >= 0.6 is 0 Å². The number of fused-ring (bicyclic) bond motifs is 1. The van der Waals surface area contributed by atoms with Crippen LogP contribution in [0.2, 0.25) is 0 Å². The van der Waals surface area contributed by atoms with Gasteiger partial charge in [-0.15, -0.1) is 0 Å². The van der Waals surface area contributed by atoms with Crippen LogP contribution in [0.5, 0.6) is 5.75 Å². The van der Waals surface area contributed by atoms with Gasteiger partial charge in [0, 0.05) is 31.6 Å². The molecular weight excluding hydrogens is 312 g/mol. The van der Waals surface area contributed by atoms with Gasteiger partial charge in [0.25, 0.3) is 5.91 Å². The van der Waals surface area contributed by atoms with Crippen molar-refractivity contribution in [1.82, 2.24) is 10.2 Å². The number of carbonyl (C=O) groups excluding carboxylic acids is 1. The van der Waals surface area contributed by atoms with E-state index in [0.29, 0.717) is 36.5 Å². The smallest absolute Gasteiger partial charge is 0.349 e. The summed E-state index contributed by atoms with van der Waals surface area (Å²) in [5.74, 6) is 0.205. The lowest BCUT2D eigenvalue weighted by molar-refractivity contribution is 0.0383. The molecule has 0 saturated carbocycles. The molecule has 1 aromatic heterocycles. The summed E-state index contributed by atoms with van der Waals surface area (Å²) in [5, 5.41) is 3.41. The Balaban J connectivity index is 1.69. The lowest BCUT2D eigenvalue weighted by Crippen LogP contribution is -2.41. The lowest BCUT2D eigenvalue weighted by Gasteiger charge is -2.26. The van der Waals surface area contributed by atoms with Crippen LogP contribution in [0.1, 0.15) is 10.4 Å². The van der Waals surface area contributed by atoms with Crippen LogP contribution in [0.3, 0.4) is 0 Å². The summed E-state index contributed by atoms with van der Waals surface area (Å²) in [7, 11) is 1.56. The number of hydrogen-bond acceptors (Lipinski definition) is 6. The number of morpholine rings is 1. The Labute approximate surface area is 139 Å². The maximum atomic E-state index is 12.3. The molecule has 1 aromatic carbocycles. The van der Waals surface area contributed by atoms with Crippen LogP contribution < -0.4 is 15.7 Å². The average Bonchev–Trinajstić information content (AvgIpc) is 2.61. The molecule has 7 heteroatoms.